The first-order valence-corrected chi connectivity index (χ1v) is 10.0. The number of nitrogens with one attached hydrogen (secondary N) is 1. The minimum Gasteiger partial charge on any atom is -0.342 e. The highest BCUT2D eigenvalue weighted by Gasteiger charge is 2.28. The summed E-state index contributed by atoms with van der Waals surface area (Å²) in [6.07, 6.45) is 6.84. The first kappa shape index (κ1) is 19.7. The average Bonchev–Trinajstić information content (AvgIpc) is 3.24. The van der Waals surface area contributed by atoms with Crippen molar-refractivity contribution < 1.29 is 18.1 Å². The van der Waals surface area contributed by atoms with Crippen LogP contribution >= 0.6 is 0 Å². The maximum absolute atomic E-state index is 13.6. The van der Waals surface area contributed by atoms with Gasteiger partial charge in [0.05, 0.1) is 18.4 Å². The summed E-state index contributed by atoms with van der Waals surface area (Å²) in [6.45, 7) is 3.78. The smallest absolute Gasteiger partial charge is 0.317 e. The Labute approximate surface area is 167 Å². The van der Waals surface area contributed by atoms with Crippen LogP contribution in [0, 0.1) is 11.6 Å². The van der Waals surface area contributed by atoms with Crippen molar-refractivity contribution in [2.45, 2.75) is 44.7 Å². The van der Waals surface area contributed by atoms with Crippen molar-refractivity contribution in [3.8, 4) is 0 Å². The zero-order valence-electron chi connectivity index (χ0n) is 16.1. The summed E-state index contributed by atoms with van der Waals surface area (Å²) in [7, 11) is 0. The third-order valence-electron chi connectivity index (χ3n) is 5.56. The van der Waals surface area contributed by atoms with E-state index in [1.807, 2.05) is 4.90 Å². The van der Waals surface area contributed by atoms with Crippen LogP contribution in [0.2, 0.25) is 0 Å². The number of amides is 1. The third kappa shape index (κ3) is 4.69. The van der Waals surface area contributed by atoms with E-state index in [-0.39, 0.29) is 18.1 Å². The van der Waals surface area contributed by atoms with Crippen molar-refractivity contribution in [1.29, 1.82) is 0 Å². The maximum atomic E-state index is 13.6. The number of halogens is 2. The second-order valence-electron chi connectivity index (χ2n) is 7.48. The summed E-state index contributed by atoms with van der Waals surface area (Å²) in [5, 5.41) is 6.37. The molecule has 2 aliphatic rings. The minimum absolute atomic E-state index is 0.0701. The number of anilines is 1. The molecule has 2 fully saturated rings. The summed E-state index contributed by atoms with van der Waals surface area (Å²) < 4.78 is 31.6. The Morgan fingerprint density at radius 3 is 2.66 bits per heavy atom. The standard InChI is InChI=1S/C19H24F2N6O2/c20-13-10-15(21)16(22-11-13)12-23-17(28)18-24-19(25-29-18)27-8-4-14(5-9-27)26-6-2-1-3-7-26/h10-11,14H,1-9,12H2,(H,23,28). The average molecular weight is 406 g/mol. The molecule has 0 unspecified atom stereocenters. The topological polar surface area (TPSA) is 87.4 Å². The molecule has 10 heteroatoms. The molecule has 156 valence electrons. The second kappa shape index (κ2) is 8.81. The lowest BCUT2D eigenvalue weighted by molar-refractivity contribution is 0.0906. The van der Waals surface area contributed by atoms with Crippen LogP contribution in [0.15, 0.2) is 16.8 Å². The minimum atomic E-state index is -0.826. The molecule has 0 spiro atoms. The van der Waals surface area contributed by atoms with Gasteiger partial charge in [0.15, 0.2) is 0 Å². The van der Waals surface area contributed by atoms with Crippen LogP contribution in [-0.4, -0.2) is 58.2 Å². The molecule has 4 heterocycles. The molecule has 2 saturated heterocycles. The number of piperidine rings is 2. The normalized spacial score (nSPS) is 18.8. The number of carbonyl (C=O) groups excluding carboxylic acids is 1. The van der Waals surface area contributed by atoms with Crippen LogP contribution in [0.4, 0.5) is 14.7 Å². The molecule has 8 nitrogen and oxygen atoms in total. The largest absolute Gasteiger partial charge is 0.342 e. The number of rotatable bonds is 5. The van der Waals surface area contributed by atoms with E-state index in [1.54, 1.807) is 0 Å². The predicted molar refractivity (Wildman–Crippen MR) is 100 cm³/mol. The lowest BCUT2D eigenvalue weighted by Gasteiger charge is -2.39. The Bertz CT molecular complexity index is 847. The molecule has 0 bridgehead atoms. The van der Waals surface area contributed by atoms with Crippen LogP contribution in [0.1, 0.15) is 48.5 Å². The molecule has 0 atom stereocenters. The molecule has 0 aliphatic carbocycles. The summed E-state index contributed by atoms with van der Waals surface area (Å²) >= 11 is 0. The highest BCUT2D eigenvalue weighted by atomic mass is 19.1. The third-order valence-corrected chi connectivity index (χ3v) is 5.56. The van der Waals surface area contributed by atoms with E-state index < -0.39 is 17.5 Å². The molecule has 1 N–H and O–H groups in total. The Morgan fingerprint density at radius 2 is 1.93 bits per heavy atom. The lowest BCUT2D eigenvalue weighted by atomic mass is 10.0. The van der Waals surface area contributed by atoms with E-state index >= 15 is 0 Å². The summed E-state index contributed by atoms with van der Waals surface area (Å²) in [5.41, 5.74) is -0.0701. The van der Waals surface area contributed by atoms with Crippen LogP contribution in [0.3, 0.4) is 0 Å². The Kier molecular flexibility index (Phi) is 5.98. The number of hydrogen-bond acceptors (Lipinski definition) is 7. The van der Waals surface area contributed by atoms with Gasteiger partial charge in [-0.2, -0.15) is 4.98 Å². The van der Waals surface area contributed by atoms with Gasteiger partial charge in [-0.05, 0) is 43.9 Å². The monoisotopic (exact) mass is 406 g/mol. The van der Waals surface area contributed by atoms with Gasteiger partial charge in [-0.25, -0.2) is 8.78 Å². The molecule has 4 rings (SSSR count). The molecule has 2 aromatic rings. The fourth-order valence-corrected chi connectivity index (χ4v) is 3.96. The summed E-state index contributed by atoms with van der Waals surface area (Å²) in [4.78, 5) is 24.6. The van der Waals surface area contributed by atoms with Crippen molar-refractivity contribution in [3.63, 3.8) is 0 Å². The van der Waals surface area contributed by atoms with Crippen LogP contribution in [0.25, 0.3) is 0 Å². The van der Waals surface area contributed by atoms with E-state index in [2.05, 4.69) is 25.3 Å². The van der Waals surface area contributed by atoms with Crippen molar-refractivity contribution in [2.75, 3.05) is 31.1 Å². The van der Waals surface area contributed by atoms with Gasteiger partial charge in [-0.1, -0.05) is 6.42 Å². The SMILES string of the molecule is O=C(NCc1ncc(F)cc1F)c1nc(N2CCC(N3CCCCC3)CC2)no1. The first-order valence-electron chi connectivity index (χ1n) is 10.0. The highest BCUT2D eigenvalue weighted by molar-refractivity contribution is 5.89. The number of aromatic nitrogens is 3. The number of hydrogen-bond donors (Lipinski definition) is 1. The van der Waals surface area contributed by atoms with Gasteiger partial charge in [-0.3, -0.25) is 9.78 Å². The maximum Gasteiger partial charge on any atom is 0.317 e. The van der Waals surface area contributed by atoms with Crippen molar-refractivity contribution in [2.24, 2.45) is 0 Å². The molecule has 29 heavy (non-hydrogen) atoms. The van der Waals surface area contributed by atoms with Crippen molar-refractivity contribution in [3.05, 3.63) is 35.5 Å². The molecular weight excluding hydrogens is 382 g/mol. The lowest BCUT2D eigenvalue weighted by Crippen LogP contribution is -2.47. The molecule has 0 saturated carbocycles. The summed E-state index contributed by atoms with van der Waals surface area (Å²) in [5.74, 6) is -2.03. The van der Waals surface area contributed by atoms with Crippen molar-refractivity contribution in [1.82, 2.24) is 25.3 Å². The van der Waals surface area contributed by atoms with E-state index in [9.17, 15) is 13.6 Å². The quantitative estimate of drug-likeness (QED) is 0.814. The first-order chi connectivity index (χ1) is 14.1. The van der Waals surface area contributed by atoms with Gasteiger partial charge in [0.25, 0.3) is 5.95 Å². The van der Waals surface area contributed by atoms with E-state index in [0.717, 1.165) is 32.1 Å². The molecule has 2 aromatic heterocycles. The molecule has 2 aliphatic heterocycles. The van der Waals surface area contributed by atoms with Crippen LogP contribution in [-0.2, 0) is 6.54 Å². The Hall–Kier alpha value is -2.62. The van der Waals surface area contributed by atoms with E-state index in [4.69, 9.17) is 4.52 Å². The van der Waals surface area contributed by atoms with Gasteiger partial charge in [0.2, 0.25) is 0 Å². The predicted octanol–water partition coefficient (Wildman–Crippen LogP) is 2.13. The van der Waals surface area contributed by atoms with Gasteiger partial charge in [-0.15, -0.1) is 0 Å². The fourth-order valence-electron chi connectivity index (χ4n) is 3.96. The zero-order chi connectivity index (χ0) is 20.2. The van der Waals surface area contributed by atoms with E-state index in [1.165, 1.54) is 32.4 Å². The molecule has 1 amide bonds. The molecule has 0 radical (unpaired) electrons. The van der Waals surface area contributed by atoms with Gasteiger partial charge < -0.3 is 19.6 Å². The number of nitrogens with zero attached hydrogens (tertiary/aromatic N) is 5. The zero-order valence-corrected chi connectivity index (χ0v) is 16.1. The van der Waals surface area contributed by atoms with Gasteiger partial charge in [0, 0.05) is 25.2 Å². The van der Waals surface area contributed by atoms with Gasteiger partial charge >= 0.3 is 11.8 Å². The Morgan fingerprint density at radius 1 is 1.17 bits per heavy atom. The number of likely N-dealkylation sites (tertiary alicyclic amines) is 1. The van der Waals surface area contributed by atoms with E-state index in [0.29, 0.717) is 18.1 Å². The van der Waals surface area contributed by atoms with Crippen LogP contribution in [0.5, 0.6) is 0 Å². The molecule has 0 aromatic carbocycles. The fraction of sp³-hybridized carbons (Fsp3) is 0.579. The van der Waals surface area contributed by atoms with Crippen molar-refractivity contribution >= 4 is 11.9 Å². The summed E-state index contributed by atoms with van der Waals surface area (Å²) in [6, 6.07) is 1.31. The number of carbonyl (C=O) groups is 1. The van der Waals surface area contributed by atoms with Gasteiger partial charge in [0.1, 0.15) is 11.6 Å². The molecular formula is C19H24F2N6O2. The Balaban J connectivity index is 1.29. The number of pyridine rings is 1. The van der Waals surface area contributed by atoms with Crippen LogP contribution < -0.4 is 10.2 Å². The highest BCUT2D eigenvalue weighted by Crippen LogP contribution is 2.23. The second-order valence-corrected chi connectivity index (χ2v) is 7.48.